The van der Waals surface area contributed by atoms with Gasteiger partial charge >= 0.3 is 12.4 Å². The lowest BCUT2D eigenvalue weighted by molar-refractivity contribution is -0.138. The number of aromatic nitrogens is 1. The largest absolute Gasteiger partial charge is 0.419 e. The average molecular weight is 527 g/mol. The van der Waals surface area contributed by atoms with Crippen LogP contribution in [-0.4, -0.2) is 35.7 Å². The van der Waals surface area contributed by atoms with Crippen molar-refractivity contribution in [3.05, 3.63) is 65.0 Å². The third-order valence-electron chi connectivity index (χ3n) is 6.08. The lowest BCUT2D eigenvalue weighted by Gasteiger charge is -2.37. The van der Waals surface area contributed by atoms with E-state index in [0.29, 0.717) is 24.4 Å². The molecule has 6 nitrogen and oxygen atoms in total. The number of pyridine rings is 1. The molecule has 0 fully saturated rings. The molecule has 12 heteroatoms. The third kappa shape index (κ3) is 6.17. The highest BCUT2D eigenvalue weighted by Gasteiger charge is 2.38. The maximum Gasteiger partial charge on any atom is 0.419 e. The molecule has 200 valence electrons. The van der Waals surface area contributed by atoms with Crippen LogP contribution in [0.2, 0.25) is 0 Å². The summed E-state index contributed by atoms with van der Waals surface area (Å²) >= 11 is 0. The summed E-state index contributed by atoms with van der Waals surface area (Å²) < 4.78 is 79.9. The molecular formula is C25H28F6N6. The van der Waals surface area contributed by atoms with Gasteiger partial charge in [-0.15, -0.1) is 0 Å². The van der Waals surface area contributed by atoms with Crippen LogP contribution < -0.4 is 20.9 Å². The van der Waals surface area contributed by atoms with E-state index in [-0.39, 0.29) is 24.9 Å². The highest BCUT2D eigenvalue weighted by atomic mass is 19.4. The molecule has 1 atom stereocenters. The molecule has 0 saturated heterocycles. The smallest absolute Gasteiger partial charge is 0.355 e. The van der Waals surface area contributed by atoms with Gasteiger partial charge in [0.15, 0.2) is 5.79 Å². The predicted octanol–water partition coefficient (Wildman–Crippen LogP) is 5.76. The number of hydrogen-bond donors (Lipinski definition) is 3. The summed E-state index contributed by atoms with van der Waals surface area (Å²) in [6.07, 6.45) is -6.92. The predicted molar refractivity (Wildman–Crippen MR) is 130 cm³/mol. The van der Waals surface area contributed by atoms with Crippen LogP contribution in [0, 0.1) is 0 Å². The van der Waals surface area contributed by atoms with E-state index < -0.39 is 29.3 Å². The number of aliphatic imine (C=N–C) groups is 1. The number of nitrogens with zero attached hydrogens (tertiary/aromatic N) is 3. The van der Waals surface area contributed by atoms with Gasteiger partial charge in [0.25, 0.3) is 0 Å². The number of anilines is 2. The van der Waals surface area contributed by atoms with Crippen LogP contribution >= 0.6 is 0 Å². The maximum absolute atomic E-state index is 13.6. The van der Waals surface area contributed by atoms with Gasteiger partial charge in [0.1, 0.15) is 11.7 Å². The highest BCUT2D eigenvalue weighted by Crippen LogP contribution is 2.37. The average Bonchev–Trinajstić information content (AvgIpc) is 3.00. The first-order valence-corrected chi connectivity index (χ1v) is 11.8. The normalized spacial score (nSPS) is 20.8. The van der Waals surface area contributed by atoms with Crippen LogP contribution in [0.5, 0.6) is 0 Å². The van der Waals surface area contributed by atoms with Crippen LogP contribution in [-0.2, 0) is 12.4 Å². The first-order chi connectivity index (χ1) is 17.2. The standard InChI is InChI=1S/C25H28F6N6/c1-15(2)34-23(3)35-20-11-14-37(22-19(25(29,30)31)5-4-12-32-22)13-10-18(20)21(36-23)33-17-8-6-16(7-9-17)24(26,27)28/h4-9,12,15,34-35H,10-11,13-14H2,1-3H3,(H,33,36). The molecule has 1 unspecified atom stereocenters. The van der Waals surface area contributed by atoms with E-state index in [2.05, 4.69) is 20.9 Å². The SMILES string of the molecule is CC(C)NC1(C)N=C(Nc2ccc(C(F)(F)F)cc2)C2=C(CCN(c3ncccc3C(F)(F)F)CC2)N1. The van der Waals surface area contributed by atoms with Crippen LogP contribution in [0.3, 0.4) is 0 Å². The topological polar surface area (TPSA) is 64.6 Å². The van der Waals surface area contributed by atoms with E-state index >= 15 is 0 Å². The molecule has 2 aliphatic rings. The molecule has 37 heavy (non-hydrogen) atoms. The van der Waals surface area contributed by atoms with Crippen molar-refractivity contribution in [3.63, 3.8) is 0 Å². The Balaban J connectivity index is 1.63. The molecule has 1 aromatic carbocycles. The fourth-order valence-electron chi connectivity index (χ4n) is 4.61. The van der Waals surface area contributed by atoms with Crippen molar-refractivity contribution < 1.29 is 26.3 Å². The Kier molecular flexibility index (Phi) is 7.15. The van der Waals surface area contributed by atoms with Gasteiger partial charge in [-0.1, -0.05) is 0 Å². The summed E-state index contributed by atoms with van der Waals surface area (Å²) in [4.78, 5) is 10.4. The van der Waals surface area contributed by atoms with Crippen LogP contribution in [0.1, 0.15) is 44.7 Å². The van der Waals surface area contributed by atoms with Crippen molar-refractivity contribution in [3.8, 4) is 0 Å². The molecule has 0 spiro atoms. The van der Waals surface area contributed by atoms with E-state index in [4.69, 9.17) is 4.99 Å². The molecule has 0 amide bonds. The minimum Gasteiger partial charge on any atom is -0.355 e. The van der Waals surface area contributed by atoms with Crippen molar-refractivity contribution in [2.45, 2.75) is 57.8 Å². The highest BCUT2D eigenvalue weighted by molar-refractivity contribution is 6.09. The third-order valence-corrected chi connectivity index (χ3v) is 6.08. The summed E-state index contributed by atoms with van der Waals surface area (Å²) in [6, 6.07) is 6.94. The molecule has 0 radical (unpaired) electrons. The van der Waals surface area contributed by atoms with Crippen LogP contribution in [0.15, 0.2) is 58.9 Å². The Labute approximate surface area is 210 Å². The lowest BCUT2D eigenvalue weighted by atomic mass is 10.0. The van der Waals surface area contributed by atoms with E-state index in [0.717, 1.165) is 29.5 Å². The van der Waals surface area contributed by atoms with Gasteiger partial charge in [-0.25, -0.2) is 9.98 Å². The van der Waals surface area contributed by atoms with Crippen molar-refractivity contribution in [1.29, 1.82) is 0 Å². The zero-order valence-electron chi connectivity index (χ0n) is 20.6. The quantitative estimate of drug-likeness (QED) is 0.443. The van der Waals surface area contributed by atoms with E-state index in [1.165, 1.54) is 24.4 Å². The van der Waals surface area contributed by atoms with Gasteiger partial charge in [0, 0.05) is 48.7 Å². The number of nitrogens with one attached hydrogen (secondary N) is 3. The van der Waals surface area contributed by atoms with Crippen molar-refractivity contribution in [2.75, 3.05) is 23.3 Å². The first-order valence-electron chi connectivity index (χ1n) is 11.8. The van der Waals surface area contributed by atoms with Gasteiger partial charge in [-0.3, -0.25) is 5.32 Å². The Morgan fingerprint density at radius 1 is 0.973 bits per heavy atom. The monoisotopic (exact) mass is 526 g/mol. The van der Waals surface area contributed by atoms with Crippen molar-refractivity contribution in [2.24, 2.45) is 4.99 Å². The molecule has 2 aliphatic heterocycles. The summed E-state index contributed by atoms with van der Waals surface area (Å²) in [5.74, 6) is -0.617. The number of rotatable bonds is 4. The summed E-state index contributed by atoms with van der Waals surface area (Å²) in [5, 5.41) is 9.86. The van der Waals surface area contributed by atoms with Gasteiger partial charge in [-0.05, 0) is 63.6 Å². The summed E-state index contributed by atoms with van der Waals surface area (Å²) in [5.41, 5.74) is 0.405. The summed E-state index contributed by atoms with van der Waals surface area (Å²) in [7, 11) is 0. The number of hydrogen-bond acceptors (Lipinski definition) is 6. The Hall–Kier alpha value is -3.28. The molecule has 0 saturated carbocycles. The minimum atomic E-state index is -4.54. The second-order valence-corrected chi connectivity index (χ2v) is 9.47. The number of benzene rings is 1. The molecular weight excluding hydrogens is 498 g/mol. The Morgan fingerprint density at radius 2 is 1.65 bits per heavy atom. The van der Waals surface area contributed by atoms with E-state index in [1.807, 2.05) is 20.8 Å². The van der Waals surface area contributed by atoms with Crippen LogP contribution in [0.25, 0.3) is 0 Å². The van der Waals surface area contributed by atoms with E-state index in [1.54, 1.807) is 4.90 Å². The molecule has 4 rings (SSSR count). The lowest BCUT2D eigenvalue weighted by Crippen LogP contribution is -2.58. The molecule has 0 bridgehead atoms. The fourth-order valence-corrected chi connectivity index (χ4v) is 4.61. The fraction of sp³-hybridized carbons (Fsp3) is 0.440. The molecule has 0 aliphatic carbocycles. The zero-order valence-corrected chi connectivity index (χ0v) is 20.6. The van der Waals surface area contributed by atoms with Crippen molar-refractivity contribution in [1.82, 2.24) is 15.6 Å². The van der Waals surface area contributed by atoms with Crippen molar-refractivity contribution >= 4 is 17.3 Å². The summed E-state index contributed by atoms with van der Waals surface area (Å²) in [6.45, 7) is 6.27. The Morgan fingerprint density at radius 3 is 2.27 bits per heavy atom. The molecule has 2 aromatic rings. The van der Waals surface area contributed by atoms with Gasteiger partial charge in [-0.2, -0.15) is 26.3 Å². The second-order valence-electron chi connectivity index (χ2n) is 9.47. The zero-order chi connectivity index (χ0) is 27.0. The molecule has 3 heterocycles. The maximum atomic E-state index is 13.6. The van der Waals surface area contributed by atoms with Gasteiger partial charge < -0.3 is 15.5 Å². The van der Waals surface area contributed by atoms with E-state index in [9.17, 15) is 26.3 Å². The number of halogens is 6. The van der Waals surface area contributed by atoms with Crippen LogP contribution in [0.4, 0.5) is 37.8 Å². The van der Waals surface area contributed by atoms with Gasteiger partial charge in [0.05, 0.1) is 11.1 Å². The number of alkyl halides is 6. The second kappa shape index (κ2) is 9.88. The van der Waals surface area contributed by atoms with Gasteiger partial charge in [0.2, 0.25) is 0 Å². The first kappa shape index (κ1) is 26.8. The molecule has 1 aromatic heterocycles. The Bertz CT molecular complexity index is 1190. The number of amidine groups is 1. The minimum absolute atomic E-state index is 0.0425. The molecule has 3 N–H and O–H groups in total.